The summed E-state index contributed by atoms with van der Waals surface area (Å²) < 4.78 is 28.8. The number of piperazine rings is 1. The summed E-state index contributed by atoms with van der Waals surface area (Å²) >= 11 is 12.4. The number of halogens is 2. The number of carbonyl (C=O) groups is 1. The van der Waals surface area contributed by atoms with Gasteiger partial charge in [-0.3, -0.25) is 9.52 Å². The molecule has 0 unspecified atom stereocenters. The van der Waals surface area contributed by atoms with Crippen molar-refractivity contribution in [3.63, 3.8) is 0 Å². The van der Waals surface area contributed by atoms with Crippen LogP contribution in [0.3, 0.4) is 0 Å². The molecule has 0 atom stereocenters. The molecule has 1 fully saturated rings. The lowest BCUT2D eigenvalue weighted by atomic mass is 10.1. The predicted molar refractivity (Wildman–Crippen MR) is 142 cm³/mol. The van der Waals surface area contributed by atoms with Crippen molar-refractivity contribution in [3.05, 3.63) is 86.9 Å². The molecule has 184 valence electrons. The first-order chi connectivity index (χ1) is 16.5. The van der Waals surface area contributed by atoms with Gasteiger partial charge < -0.3 is 9.80 Å². The Morgan fingerprint density at radius 1 is 0.857 bits per heavy atom. The van der Waals surface area contributed by atoms with Crippen LogP contribution in [-0.2, 0) is 10.0 Å². The summed E-state index contributed by atoms with van der Waals surface area (Å²) in [5.41, 5.74) is 4.78. The minimum atomic E-state index is -3.99. The van der Waals surface area contributed by atoms with Crippen LogP contribution in [0.25, 0.3) is 0 Å². The highest BCUT2D eigenvalue weighted by Gasteiger charge is 2.26. The van der Waals surface area contributed by atoms with Crippen LogP contribution in [0.1, 0.15) is 27.0 Å². The van der Waals surface area contributed by atoms with E-state index in [9.17, 15) is 13.2 Å². The molecule has 1 aliphatic heterocycles. The smallest absolute Gasteiger partial charge is 0.263 e. The van der Waals surface area contributed by atoms with E-state index in [0.29, 0.717) is 36.9 Å². The molecule has 3 aromatic carbocycles. The number of sulfonamides is 1. The van der Waals surface area contributed by atoms with E-state index in [1.165, 1.54) is 12.1 Å². The molecule has 0 aliphatic carbocycles. The fourth-order valence-electron chi connectivity index (χ4n) is 4.34. The highest BCUT2D eigenvalue weighted by molar-refractivity contribution is 7.92. The fourth-order valence-corrected chi connectivity index (χ4v) is 6.08. The van der Waals surface area contributed by atoms with Gasteiger partial charge in [-0.25, -0.2) is 8.42 Å². The minimum absolute atomic E-state index is 0.0553. The van der Waals surface area contributed by atoms with Crippen molar-refractivity contribution in [2.24, 2.45) is 0 Å². The van der Waals surface area contributed by atoms with Crippen LogP contribution >= 0.6 is 23.2 Å². The lowest BCUT2D eigenvalue weighted by Crippen LogP contribution is -2.49. The molecule has 0 saturated carbocycles. The van der Waals surface area contributed by atoms with Gasteiger partial charge in [0.15, 0.2) is 0 Å². The van der Waals surface area contributed by atoms with Gasteiger partial charge in [0, 0.05) is 48.1 Å². The Labute approximate surface area is 216 Å². The van der Waals surface area contributed by atoms with Gasteiger partial charge in [0.05, 0.1) is 5.02 Å². The first-order valence-electron chi connectivity index (χ1n) is 11.2. The third-order valence-corrected chi connectivity index (χ3v) is 8.12. The van der Waals surface area contributed by atoms with Gasteiger partial charge in [-0.15, -0.1) is 0 Å². The number of hydrogen-bond donors (Lipinski definition) is 1. The summed E-state index contributed by atoms with van der Waals surface area (Å²) in [6.45, 7) is 8.15. The zero-order valence-electron chi connectivity index (χ0n) is 19.8. The monoisotopic (exact) mass is 531 g/mol. The van der Waals surface area contributed by atoms with Crippen LogP contribution in [0.5, 0.6) is 0 Å². The van der Waals surface area contributed by atoms with Crippen molar-refractivity contribution >= 4 is 50.5 Å². The molecule has 0 radical (unpaired) electrons. The van der Waals surface area contributed by atoms with Crippen molar-refractivity contribution < 1.29 is 13.2 Å². The van der Waals surface area contributed by atoms with E-state index in [-0.39, 0.29) is 21.4 Å². The van der Waals surface area contributed by atoms with Gasteiger partial charge in [0.1, 0.15) is 4.90 Å². The second kappa shape index (κ2) is 10.1. The first-order valence-corrected chi connectivity index (χ1v) is 13.5. The Morgan fingerprint density at radius 2 is 1.51 bits per heavy atom. The lowest BCUT2D eigenvalue weighted by molar-refractivity contribution is 0.0746. The maximum absolute atomic E-state index is 13.2. The maximum atomic E-state index is 13.2. The van der Waals surface area contributed by atoms with Crippen molar-refractivity contribution in [1.82, 2.24) is 4.90 Å². The van der Waals surface area contributed by atoms with Crippen LogP contribution in [0.4, 0.5) is 11.4 Å². The number of benzene rings is 3. The third kappa shape index (κ3) is 5.74. The van der Waals surface area contributed by atoms with Crippen molar-refractivity contribution in [2.75, 3.05) is 35.8 Å². The van der Waals surface area contributed by atoms with Crippen molar-refractivity contribution in [3.8, 4) is 0 Å². The van der Waals surface area contributed by atoms with E-state index in [0.717, 1.165) is 22.4 Å². The molecule has 0 aromatic heterocycles. The average Bonchev–Trinajstić information content (AvgIpc) is 2.79. The molecular weight excluding hydrogens is 505 g/mol. The number of aryl methyl sites for hydroxylation is 3. The number of carbonyl (C=O) groups excluding carboxylic acids is 1. The van der Waals surface area contributed by atoms with E-state index < -0.39 is 10.0 Å². The molecule has 35 heavy (non-hydrogen) atoms. The summed E-state index contributed by atoms with van der Waals surface area (Å²) in [6, 6.07) is 15.6. The van der Waals surface area contributed by atoms with E-state index in [2.05, 4.69) is 9.62 Å². The highest BCUT2D eigenvalue weighted by Crippen LogP contribution is 2.28. The standard InChI is InChI=1S/C26H27Cl2N3O3S/c1-17-12-18(2)14-22(13-17)29-35(33,34)25-15-20(5-7-23(25)28)26(32)31-10-8-30(9-11-31)24-16-21(27)6-4-19(24)3/h4-7,12-16,29H,8-11H2,1-3H3. The minimum Gasteiger partial charge on any atom is -0.368 e. The molecular formula is C26H27Cl2N3O3S. The van der Waals surface area contributed by atoms with Gasteiger partial charge >= 0.3 is 0 Å². The first kappa shape index (κ1) is 25.4. The zero-order chi connectivity index (χ0) is 25.3. The van der Waals surface area contributed by atoms with Gasteiger partial charge in [-0.1, -0.05) is 35.3 Å². The third-order valence-electron chi connectivity index (χ3n) is 6.02. The number of rotatable bonds is 5. The Bertz CT molecular complexity index is 1360. The molecule has 1 N–H and O–H groups in total. The van der Waals surface area contributed by atoms with Gasteiger partial charge in [-0.05, 0) is 79.9 Å². The molecule has 1 aliphatic rings. The van der Waals surface area contributed by atoms with Crippen molar-refractivity contribution in [1.29, 1.82) is 0 Å². The molecule has 0 spiro atoms. The van der Waals surface area contributed by atoms with E-state index in [1.54, 1.807) is 23.1 Å². The predicted octanol–water partition coefficient (Wildman–Crippen LogP) is 5.68. The van der Waals surface area contributed by atoms with Crippen LogP contribution < -0.4 is 9.62 Å². The molecule has 0 bridgehead atoms. The zero-order valence-corrected chi connectivity index (χ0v) is 22.1. The molecule has 4 rings (SSSR count). The molecule has 1 saturated heterocycles. The Kier molecular flexibility index (Phi) is 7.31. The second-order valence-electron chi connectivity index (χ2n) is 8.84. The molecule has 3 aromatic rings. The summed E-state index contributed by atoms with van der Waals surface area (Å²) in [7, 11) is -3.99. The Morgan fingerprint density at radius 3 is 2.17 bits per heavy atom. The molecule has 6 nitrogen and oxygen atoms in total. The van der Waals surface area contributed by atoms with Gasteiger partial charge in [0.2, 0.25) is 0 Å². The second-order valence-corrected chi connectivity index (χ2v) is 11.3. The fraction of sp³-hybridized carbons (Fsp3) is 0.269. The van der Waals surface area contributed by atoms with Gasteiger partial charge in [-0.2, -0.15) is 0 Å². The van der Waals surface area contributed by atoms with Crippen LogP contribution in [-0.4, -0.2) is 45.4 Å². The maximum Gasteiger partial charge on any atom is 0.263 e. The number of amides is 1. The Hall–Kier alpha value is -2.74. The van der Waals surface area contributed by atoms with Crippen LogP contribution in [0.15, 0.2) is 59.5 Å². The molecule has 9 heteroatoms. The summed E-state index contributed by atoms with van der Waals surface area (Å²) in [4.78, 5) is 17.0. The largest absolute Gasteiger partial charge is 0.368 e. The lowest BCUT2D eigenvalue weighted by Gasteiger charge is -2.37. The average molecular weight is 532 g/mol. The summed E-state index contributed by atoms with van der Waals surface area (Å²) in [5.74, 6) is -0.230. The number of hydrogen-bond acceptors (Lipinski definition) is 4. The van der Waals surface area contributed by atoms with Crippen molar-refractivity contribution in [2.45, 2.75) is 25.7 Å². The highest BCUT2D eigenvalue weighted by atomic mass is 35.5. The van der Waals surface area contributed by atoms with Crippen LogP contribution in [0.2, 0.25) is 10.0 Å². The topological polar surface area (TPSA) is 69.7 Å². The van der Waals surface area contributed by atoms with E-state index >= 15 is 0 Å². The van der Waals surface area contributed by atoms with E-state index in [1.807, 2.05) is 45.0 Å². The quantitative estimate of drug-likeness (QED) is 0.459. The van der Waals surface area contributed by atoms with Crippen LogP contribution in [0, 0.1) is 20.8 Å². The number of nitrogens with zero attached hydrogens (tertiary/aromatic N) is 2. The number of nitrogens with one attached hydrogen (secondary N) is 1. The SMILES string of the molecule is Cc1cc(C)cc(NS(=O)(=O)c2cc(C(=O)N3CCN(c4cc(Cl)ccc4C)CC3)ccc2Cl)c1. The molecule has 1 heterocycles. The summed E-state index contributed by atoms with van der Waals surface area (Å²) in [6.07, 6.45) is 0. The van der Waals surface area contributed by atoms with E-state index in [4.69, 9.17) is 23.2 Å². The summed E-state index contributed by atoms with van der Waals surface area (Å²) in [5, 5.41) is 0.730. The molecule has 1 amide bonds. The van der Waals surface area contributed by atoms with Gasteiger partial charge in [0.25, 0.3) is 15.9 Å². The normalized spacial score (nSPS) is 14.2. The number of anilines is 2. The Balaban J connectivity index is 1.51.